The zero-order valence-corrected chi connectivity index (χ0v) is 9.26. The monoisotopic (exact) mass is 241 g/mol. The molecule has 0 saturated heterocycles. The van der Waals surface area contributed by atoms with E-state index in [2.05, 4.69) is 4.98 Å². The van der Waals surface area contributed by atoms with Gasteiger partial charge in [0.2, 0.25) is 0 Å². The molecule has 0 amide bonds. The van der Waals surface area contributed by atoms with Crippen molar-refractivity contribution in [2.75, 3.05) is 0 Å². The summed E-state index contributed by atoms with van der Waals surface area (Å²) >= 11 is 4.00. The van der Waals surface area contributed by atoms with Gasteiger partial charge in [-0.1, -0.05) is 11.6 Å². The largest absolute Gasteiger partial charge is 0.306 e. The Morgan fingerprint density at radius 1 is 1.40 bits per heavy atom. The van der Waals surface area contributed by atoms with Crippen molar-refractivity contribution in [1.29, 1.82) is 0 Å². The summed E-state index contributed by atoms with van der Waals surface area (Å²) in [6, 6.07) is 7.19. The van der Waals surface area contributed by atoms with E-state index in [0.717, 1.165) is 16.5 Å². The molecule has 0 radical (unpaired) electrons. The van der Waals surface area contributed by atoms with Crippen molar-refractivity contribution in [1.82, 2.24) is 4.98 Å². The quantitative estimate of drug-likeness (QED) is 0.823. The van der Waals surface area contributed by atoms with Crippen LogP contribution in [-0.4, -0.2) is 13.7 Å². The fourth-order valence-electron chi connectivity index (χ4n) is 1.37. The van der Waals surface area contributed by atoms with Crippen LogP contribution in [0.5, 0.6) is 0 Å². The topological polar surface area (TPSA) is 50.2 Å². The number of aromatic nitrogens is 1. The van der Waals surface area contributed by atoms with Gasteiger partial charge in [0.15, 0.2) is 11.1 Å². The molecular weight excluding hydrogens is 234 g/mol. The van der Waals surface area contributed by atoms with E-state index < -0.39 is 11.1 Å². The van der Waals surface area contributed by atoms with Crippen LogP contribution in [0.1, 0.15) is 5.56 Å². The molecule has 1 heterocycles. The molecule has 5 heteroatoms. The van der Waals surface area contributed by atoms with E-state index in [0.29, 0.717) is 5.02 Å². The van der Waals surface area contributed by atoms with Gasteiger partial charge in [-0.15, -0.1) is 0 Å². The highest BCUT2D eigenvalue weighted by Gasteiger charge is 2.01. The molecule has 1 aromatic carbocycles. The number of nitrogens with zero attached hydrogens (tertiary/aromatic N) is 1. The van der Waals surface area contributed by atoms with Crippen LogP contribution in [-0.2, 0) is 16.8 Å². The summed E-state index contributed by atoms with van der Waals surface area (Å²) in [6.45, 7) is 0. The lowest BCUT2D eigenvalue weighted by molar-refractivity contribution is 0.563. The summed E-state index contributed by atoms with van der Waals surface area (Å²) in [7, 11) is 0. The van der Waals surface area contributed by atoms with Gasteiger partial charge in [-0.3, -0.25) is 4.98 Å². The first-order chi connectivity index (χ1) is 7.15. The molecule has 1 aromatic heterocycles. The summed E-state index contributed by atoms with van der Waals surface area (Å²) in [5, 5.41) is 1.51. The highest BCUT2D eigenvalue weighted by molar-refractivity contribution is 7.78. The third-order valence-corrected chi connectivity index (χ3v) is 2.81. The molecule has 15 heavy (non-hydrogen) atoms. The number of benzene rings is 1. The minimum Gasteiger partial charge on any atom is -0.306 e. The maximum absolute atomic E-state index is 10.6. The molecule has 0 saturated carbocycles. The lowest BCUT2D eigenvalue weighted by Gasteiger charge is -2.01. The molecule has 3 nitrogen and oxygen atoms in total. The van der Waals surface area contributed by atoms with Gasteiger partial charge in [0, 0.05) is 16.6 Å². The Hall–Kier alpha value is -0.970. The smallest absolute Gasteiger partial charge is 0.157 e. The second kappa shape index (κ2) is 4.26. The van der Waals surface area contributed by atoms with E-state index in [4.69, 9.17) is 16.2 Å². The van der Waals surface area contributed by atoms with Gasteiger partial charge in [-0.05, 0) is 29.8 Å². The summed E-state index contributed by atoms with van der Waals surface area (Å²) in [4.78, 5) is 4.17. The number of hydrogen-bond donors (Lipinski definition) is 1. The molecule has 0 spiro atoms. The zero-order chi connectivity index (χ0) is 10.8. The Morgan fingerprint density at radius 3 is 2.93 bits per heavy atom. The van der Waals surface area contributed by atoms with Gasteiger partial charge in [-0.25, -0.2) is 4.21 Å². The average molecular weight is 242 g/mol. The molecule has 1 N–H and O–H groups in total. The van der Waals surface area contributed by atoms with Crippen LogP contribution in [0.25, 0.3) is 10.9 Å². The summed E-state index contributed by atoms with van der Waals surface area (Å²) in [6.07, 6.45) is 1.60. The SMILES string of the molecule is O=S(O)Cc1cnc2ccc(Cl)cc2c1. The fourth-order valence-corrected chi connectivity index (χ4v) is 1.99. The number of fused-ring (bicyclic) bond motifs is 1. The summed E-state index contributed by atoms with van der Waals surface area (Å²) in [5.41, 5.74) is 1.55. The van der Waals surface area contributed by atoms with E-state index in [9.17, 15) is 4.21 Å². The minimum atomic E-state index is -1.84. The van der Waals surface area contributed by atoms with Crippen molar-refractivity contribution in [3.63, 3.8) is 0 Å². The molecule has 0 bridgehead atoms. The number of pyridine rings is 1. The van der Waals surface area contributed by atoms with Gasteiger partial charge in [0.1, 0.15) is 0 Å². The summed E-state index contributed by atoms with van der Waals surface area (Å²) < 4.78 is 19.4. The van der Waals surface area contributed by atoms with Gasteiger partial charge >= 0.3 is 0 Å². The average Bonchev–Trinajstić information content (AvgIpc) is 2.16. The molecule has 0 aliphatic heterocycles. The van der Waals surface area contributed by atoms with Crippen LogP contribution in [0.2, 0.25) is 5.02 Å². The van der Waals surface area contributed by atoms with Gasteiger partial charge < -0.3 is 4.55 Å². The Morgan fingerprint density at radius 2 is 2.20 bits per heavy atom. The van der Waals surface area contributed by atoms with Crippen molar-refractivity contribution in [3.8, 4) is 0 Å². The Labute approximate surface area is 94.4 Å². The van der Waals surface area contributed by atoms with E-state index in [-0.39, 0.29) is 5.75 Å². The van der Waals surface area contributed by atoms with Crippen molar-refractivity contribution in [2.24, 2.45) is 0 Å². The zero-order valence-electron chi connectivity index (χ0n) is 7.68. The lowest BCUT2D eigenvalue weighted by atomic mass is 10.2. The number of halogens is 1. The van der Waals surface area contributed by atoms with E-state index in [1.54, 1.807) is 18.3 Å². The van der Waals surface area contributed by atoms with Crippen LogP contribution in [0.3, 0.4) is 0 Å². The highest BCUT2D eigenvalue weighted by atomic mass is 35.5. The summed E-state index contributed by atoms with van der Waals surface area (Å²) in [5.74, 6) is 0.0927. The third kappa shape index (κ3) is 2.53. The van der Waals surface area contributed by atoms with Crippen LogP contribution >= 0.6 is 11.6 Å². The third-order valence-electron chi connectivity index (χ3n) is 1.99. The predicted molar refractivity (Wildman–Crippen MR) is 61.2 cm³/mol. The molecule has 1 unspecified atom stereocenters. The Balaban J connectivity index is 2.49. The van der Waals surface area contributed by atoms with Gasteiger partial charge in [0.05, 0.1) is 11.3 Å². The minimum absolute atomic E-state index is 0.0927. The van der Waals surface area contributed by atoms with Crippen LogP contribution in [0.4, 0.5) is 0 Å². The molecule has 2 aromatic rings. The second-order valence-electron chi connectivity index (χ2n) is 3.15. The van der Waals surface area contributed by atoms with Crippen molar-refractivity contribution in [3.05, 3.63) is 41.0 Å². The lowest BCUT2D eigenvalue weighted by Crippen LogP contribution is -1.93. The molecule has 78 valence electrons. The molecular formula is C10H8ClNO2S. The Kier molecular flexibility index (Phi) is 3.00. The van der Waals surface area contributed by atoms with E-state index >= 15 is 0 Å². The molecule has 2 rings (SSSR count). The van der Waals surface area contributed by atoms with Crippen LogP contribution in [0, 0.1) is 0 Å². The first-order valence-electron chi connectivity index (χ1n) is 4.27. The number of hydrogen-bond acceptors (Lipinski definition) is 2. The second-order valence-corrected chi connectivity index (χ2v) is 4.51. The van der Waals surface area contributed by atoms with E-state index in [1.807, 2.05) is 12.1 Å². The normalized spacial score (nSPS) is 12.9. The Bertz CT molecular complexity index is 530. The fraction of sp³-hybridized carbons (Fsp3) is 0.100. The van der Waals surface area contributed by atoms with Crippen molar-refractivity contribution in [2.45, 2.75) is 5.75 Å². The maximum atomic E-state index is 10.6. The van der Waals surface area contributed by atoms with Crippen molar-refractivity contribution < 1.29 is 8.76 Å². The predicted octanol–water partition coefficient (Wildman–Crippen LogP) is 2.61. The standard InChI is InChI=1S/C10H8ClNO2S/c11-9-1-2-10-8(4-9)3-7(5-12-10)6-15(13)14/h1-5H,6H2,(H,13,14). The van der Waals surface area contributed by atoms with Crippen molar-refractivity contribution >= 4 is 33.6 Å². The maximum Gasteiger partial charge on any atom is 0.157 e. The van der Waals surface area contributed by atoms with Gasteiger partial charge in [-0.2, -0.15) is 0 Å². The van der Waals surface area contributed by atoms with Crippen LogP contribution < -0.4 is 0 Å². The molecule has 0 aliphatic rings. The molecule has 1 atom stereocenters. The number of rotatable bonds is 2. The van der Waals surface area contributed by atoms with Gasteiger partial charge in [0.25, 0.3) is 0 Å². The highest BCUT2D eigenvalue weighted by Crippen LogP contribution is 2.18. The first-order valence-corrected chi connectivity index (χ1v) is 5.92. The molecule has 0 fully saturated rings. The van der Waals surface area contributed by atoms with Crippen LogP contribution in [0.15, 0.2) is 30.5 Å². The molecule has 0 aliphatic carbocycles. The van der Waals surface area contributed by atoms with E-state index in [1.165, 1.54) is 0 Å². The first kappa shape index (κ1) is 10.5.